The van der Waals surface area contributed by atoms with Crippen LogP contribution >= 0.6 is 12.4 Å². The largest absolute Gasteiger partial charge is 0.396 e. The topological polar surface area (TPSA) is 93.3 Å². The highest BCUT2D eigenvalue weighted by molar-refractivity contribution is 7.92. The van der Waals surface area contributed by atoms with E-state index in [0.717, 1.165) is 18.4 Å². The van der Waals surface area contributed by atoms with Crippen LogP contribution < -0.4 is 5.73 Å². The lowest BCUT2D eigenvalue weighted by molar-refractivity contribution is 0.230. The summed E-state index contributed by atoms with van der Waals surface area (Å²) in [6.45, 7) is -0.0742. The van der Waals surface area contributed by atoms with Crippen LogP contribution in [0.5, 0.6) is 0 Å². The summed E-state index contributed by atoms with van der Waals surface area (Å²) in [5.74, 6) is 0.270. The van der Waals surface area contributed by atoms with Crippen molar-refractivity contribution in [2.75, 3.05) is 12.3 Å². The van der Waals surface area contributed by atoms with Gasteiger partial charge in [-0.2, -0.15) is 0 Å². The molecule has 1 aromatic heterocycles. The second-order valence-corrected chi connectivity index (χ2v) is 8.10. The van der Waals surface area contributed by atoms with Gasteiger partial charge in [0, 0.05) is 12.2 Å². The molecule has 24 heavy (non-hydrogen) atoms. The minimum Gasteiger partial charge on any atom is -0.396 e. The third kappa shape index (κ3) is 3.55. The van der Waals surface area contributed by atoms with E-state index < -0.39 is 15.1 Å². The van der Waals surface area contributed by atoms with Crippen LogP contribution in [0.1, 0.15) is 19.3 Å². The Hall–Kier alpha value is -1.63. The molecule has 0 aliphatic heterocycles. The number of hydrogen-bond acceptors (Lipinski definition) is 5. The number of aromatic nitrogens is 1. The van der Waals surface area contributed by atoms with Gasteiger partial charge in [-0.3, -0.25) is 0 Å². The first-order valence-corrected chi connectivity index (χ1v) is 9.25. The number of nitrogens with zero attached hydrogens (tertiary/aromatic N) is 1. The van der Waals surface area contributed by atoms with Crippen LogP contribution in [0.4, 0.5) is 5.82 Å². The molecule has 130 valence electrons. The summed E-state index contributed by atoms with van der Waals surface area (Å²) in [6, 6.07) is 12.1. The minimum atomic E-state index is -3.41. The third-order valence-corrected chi connectivity index (χ3v) is 6.82. The van der Waals surface area contributed by atoms with Crippen molar-refractivity contribution < 1.29 is 13.5 Å². The number of pyridine rings is 1. The van der Waals surface area contributed by atoms with Crippen molar-refractivity contribution in [3.8, 4) is 11.3 Å². The van der Waals surface area contributed by atoms with Gasteiger partial charge in [-0.15, -0.1) is 12.4 Å². The number of rotatable bonds is 4. The number of benzene rings is 1. The fourth-order valence-electron chi connectivity index (χ4n) is 3.22. The molecule has 1 aliphatic rings. The van der Waals surface area contributed by atoms with Crippen molar-refractivity contribution in [1.29, 1.82) is 0 Å². The average Bonchev–Trinajstić information content (AvgIpc) is 3.04. The zero-order valence-electron chi connectivity index (χ0n) is 13.1. The zero-order chi connectivity index (χ0) is 16.4. The highest BCUT2D eigenvalue weighted by atomic mass is 35.5. The maximum Gasteiger partial charge on any atom is 0.181 e. The maximum atomic E-state index is 12.8. The predicted molar refractivity (Wildman–Crippen MR) is 96.7 cm³/mol. The van der Waals surface area contributed by atoms with Gasteiger partial charge in [-0.05, 0) is 43.0 Å². The van der Waals surface area contributed by atoms with Gasteiger partial charge in [0.25, 0.3) is 0 Å². The Labute approximate surface area is 148 Å². The number of nitrogen functional groups attached to an aromatic ring is 1. The van der Waals surface area contributed by atoms with E-state index in [1.165, 1.54) is 0 Å². The van der Waals surface area contributed by atoms with Gasteiger partial charge >= 0.3 is 0 Å². The molecule has 0 radical (unpaired) electrons. The molecule has 7 heteroatoms. The Morgan fingerprint density at radius 2 is 1.83 bits per heavy atom. The van der Waals surface area contributed by atoms with Gasteiger partial charge in [0.1, 0.15) is 5.82 Å². The fourth-order valence-corrected chi connectivity index (χ4v) is 5.29. The molecule has 1 aromatic carbocycles. The normalized spacial score (nSPS) is 20.5. The molecule has 1 aliphatic carbocycles. The number of sulfone groups is 1. The summed E-state index contributed by atoms with van der Waals surface area (Å²) in [5, 5.41) is 8.90. The molecule has 0 spiro atoms. The Bertz CT molecular complexity index is 794. The molecular weight excluding hydrogens is 348 g/mol. The molecule has 3 rings (SSSR count). The van der Waals surface area contributed by atoms with Gasteiger partial charge in [0.05, 0.1) is 15.8 Å². The molecule has 2 atom stereocenters. The van der Waals surface area contributed by atoms with Gasteiger partial charge in [-0.1, -0.05) is 24.6 Å². The smallest absolute Gasteiger partial charge is 0.181 e. The van der Waals surface area contributed by atoms with Crippen LogP contribution in [-0.4, -0.2) is 30.4 Å². The molecule has 1 heterocycles. The second kappa shape index (κ2) is 7.51. The van der Waals surface area contributed by atoms with Crippen molar-refractivity contribution in [2.45, 2.75) is 29.4 Å². The van der Waals surface area contributed by atoms with E-state index in [4.69, 9.17) is 5.73 Å². The summed E-state index contributed by atoms with van der Waals surface area (Å²) < 4.78 is 25.5. The van der Waals surface area contributed by atoms with E-state index in [-0.39, 0.29) is 24.9 Å². The van der Waals surface area contributed by atoms with Crippen LogP contribution in [0, 0.1) is 5.92 Å². The third-order valence-electron chi connectivity index (χ3n) is 4.47. The van der Waals surface area contributed by atoms with Crippen molar-refractivity contribution in [2.24, 2.45) is 5.92 Å². The van der Waals surface area contributed by atoms with Crippen molar-refractivity contribution in [3.05, 3.63) is 42.5 Å². The molecule has 0 bridgehead atoms. The lowest BCUT2D eigenvalue weighted by Gasteiger charge is -2.18. The number of hydrogen-bond donors (Lipinski definition) is 2. The van der Waals surface area contributed by atoms with Crippen LogP contribution in [0.25, 0.3) is 11.3 Å². The Kier molecular flexibility index (Phi) is 5.85. The van der Waals surface area contributed by atoms with Gasteiger partial charge in [-0.25, -0.2) is 13.4 Å². The van der Waals surface area contributed by atoms with E-state index in [9.17, 15) is 13.5 Å². The van der Waals surface area contributed by atoms with Gasteiger partial charge in [0.2, 0.25) is 0 Å². The first kappa shape index (κ1) is 18.7. The van der Waals surface area contributed by atoms with Crippen LogP contribution in [-0.2, 0) is 9.84 Å². The Morgan fingerprint density at radius 1 is 1.12 bits per heavy atom. The highest BCUT2D eigenvalue weighted by Crippen LogP contribution is 2.34. The van der Waals surface area contributed by atoms with E-state index in [1.807, 2.05) is 12.1 Å². The van der Waals surface area contributed by atoms with Crippen LogP contribution in [0.3, 0.4) is 0 Å². The molecular formula is C17H21ClN2O3S. The molecule has 2 aromatic rings. The molecule has 0 saturated heterocycles. The molecule has 5 nitrogen and oxygen atoms in total. The maximum absolute atomic E-state index is 12.8. The SMILES string of the molecule is Cl.Nc1cccc(-c2ccc(S(=O)(=O)C3CCC[C@@H]3CO)cc2)n1. The van der Waals surface area contributed by atoms with E-state index in [0.29, 0.717) is 22.8 Å². The zero-order valence-corrected chi connectivity index (χ0v) is 14.8. The van der Waals surface area contributed by atoms with E-state index in [2.05, 4.69) is 4.98 Å². The monoisotopic (exact) mass is 368 g/mol. The van der Waals surface area contributed by atoms with Crippen LogP contribution in [0.2, 0.25) is 0 Å². The first-order chi connectivity index (χ1) is 11.0. The summed E-state index contributed by atoms with van der Waals surface area (Å²) >= 11 is 0. The molecule has 1 fully saturated rings. The van der Waals surface area contributed by atoms with Crippen LogP contribution in [0.15, 0.2) is 47.4 Å². The Morgan fingerprint density at radius 3 is 2.46 bits per heavy atom. The lowest BCUT2D eigenvalue weighted by Crippen LogP contribution is -2.27. The summed E-state index contributed by atoms with van der Waals surface area (Å²) in [6.07, 6.45) is 2.23. The fraction of sp³-hybridized carbons (Fsp3) is 0.353. The standard InChI is InChI=1S/C17H20N2O3S.ClH/c18-17-6-2-4-15(19-17)12-7-9-14(10-8-12)23(21,22)16-5-1-3-13(16)11-20;/h2,4,6-10,13,16,20H,1,3,5,11H2,(H2,18,19);1H/t13-,16?;/m1./s1. The molecule has 1 saturated carbocycles. The number of aliphatic hydroxyl groups excluding tert-OH is 1. The summed E-state index contributed by atoms with van der Waals surface area (Å²) in [7, 11) is -3.41. The number of aliphatic hydroxyl groups is 1. The van der Waals surface area contributed by atoms with Gasteiger partial charge in [0.15, 0.2) is 9.84 Å². The van der Waals surface area contributed by atoms with Crippen molar-refractivity contribution >= 4 is 28.1 Å². The van der Waals surface area contributed by atoms with E-state index in [1.54, 1.807) is 30.3 Å². The number of anilines is 1. The van der Waals surface area contributed by atoms with E-state index >= 15 is 0 Å². The number of halogens is 1. The second-order valence-electron chi connectivity index (χ2n) is 5.93. The highest BCUT2D eigenvalue weighted by Gasteiger charge is 2.37. The van der Waals surface area contributed by atoms with Crippen molar-refractivity contribution in [3.63, 3.8) is 0 Å². The number of nitrogens with two attached hydrogens (primary N) is 1. The summed E-state index contributed by atoms with van der Waals surface area (Å²) in [5.41, 5.74) is 7.21. The summed E-state index contributed by atoms with van der Waals surface area (Å²) in [4.78, 5) is 4.53. The molecule has 3 N–H and O–H groups in total. The molecule has 1 unspecified atom stereocenters. The lowest BCUT2D eigenvalue weighted by atomic mass is 10.1. The first-order valence-electron chi connectivity index (χ1n) is 7.70. The Balaban J connectivity index is 0.00000208. The average molecular weight is 369 g/mol. The van der Waals surface area contributed by atoms with Crippen molar-refractivity contribution in [1.82, 2.24) is 4.98 Å². The minimum absolute atomic E-state index is 0. The predicted octanol–water partition coefficient (Wildman–Crippen LogP) is 2.69. The van der Waals surface area contributed by atoms with Gasteiger partial charge < -0.3 is 10.8 Å². The molecule has 0 amide bonds. The quantitative estimate of drug-likeness (QED) is 0.865.